The summed E-state index contributed by atoms with van der Waals surface area (Å²) in [6, 6.07) is 8.20. The molecule has 2 nitrogen and oxygen atoms in total. The minimum absolute atomic E-state index is 0.184. The lowest BCUT2D eigenvalue weighted by Crippen LogP contribution is -2.29. The second kappa shape index (κ2) is 4.99. The normalized spacial score (nSPS) is 30.5. The van der Waals surface area contributed by atoms with E-state index in [4.69, 9.17) is 0 Å². The maximum Gasteiger partial charge on any atom is 0.307 e. The van der Waals surface area contributed by atoms with Gasteiger partial charge in [-0.25, -0.2) is 0 Å². The van der Waals surface area contributed by atoms with Crippen molar-refractivity contribution in [1.29, 1.82) is 0 Å². The molecule has 0 saturated heterocycles. The first-order chi connectivity index (χ1) is 9.15. The fraction of sp³-hybridized carbons (Fsp3) is 0.588. The van der Waals surface area contributed by atoms with Gasteiger partial charge in [-0.3, -0.25) is 4.79 Å². The Morgan fingerprint density at radius 2 is 2.11 bits per heavy atom. The van der Waals surface area contributed by atoms with E-state index in [0.717, 1.165) is 12.3 Å². The predicted molar refractivity (Wildman–Crippen MR) is 74.9 cm³/mol. The number of hydrogen-bond acceptors (Lipinski definition) is 1. The second-order valence-corrected chi connectivity index (χ2v) is 6.41. The molecular weight excluding hydrogens is 236 g/mol. The molecule has 1 N–H and O–H groups in total. The van der Waals surface area contributed by atoms with E-state index in [-0.39, 0.29) is 5.92 Å². The highest BCUT2D eigenvalue weighted by Crippen LogP contribution is 2.51. The van der Waals surface area contributed by atoms with E-state index in [1.807, 2.05) is 12.1 Å². The molecule has 0 aromatic heterocycles. The number of carboxylic acids is 1. The molecule has 2 aliphatic rings. The summed E-state index contributed by atoms with van der Waals surface area (Å²) in [5.74, 6) is 1.12. The molecular formula is C17H22O2. The van der Waals surface area contributed by atoms with Crippen LogP contribution in [0.1, 0.15) is 36.8 Å². The van der Waals surface area contributed by atoms with E-state index < -0.39 is 5.97 Å². The van der Waals surface area contributed by atoms with Crippen LogP contribution >= 0.6 is 0 Å². The van der Waals surface area contributed by atoms with Gasteiger partial charge in [-0.1, -0.05) is 30.7 Å². The number of aryl methyl sites for hydroxylation is 1. The largest absolute Gasteiger partial charge is 0.481 e. The van der Waals surface area contributed by atoms with Crippen molar-refractivity contribution in [3.05, 3.63) is 35.4 Å². The maximum absolute atomic E-state index is 11.7. The fourth-order valence-electron chi connectivity index (χ4n) is 4.28. The summed E-state index contributed by atoms with van der Waals surface area (Å²) in [6.45, 7) is 2.08. The quantitative estimate of drug-likeness (QED) is 0.894. The molecule has 2 saturated carbocycles. The Balaban J connectivity index is 1.79. The number of rotatable bonds is 4. The molecule has 0 radical (unpaired) electrons. The maximum atomic E-state index is 11.7. The van der Waals surface area contributed by atoms with Gasteiger partial charge in [0, 0.05) is 0 Å². The Hall–Kier alpha value is -1.31. The van der Waals surface area contributed by atoms with Crippen LogP contribution in [0.4, 0.5) is 0 Å². The molecule has 102 valence electrons. The highest BCUT2D eigenvalue weighted by molar-refractivity contribution is 5.71. The Labute approximate surface area is 114 Å². The molecule has 0 aliphatic heterocycles. The van der Waals surface area contributed by atoms with Crippen LogP contribution in [0.5, 0.6) is 0 Å². The van der Waals surface area contributed by atoms with Gasteiger partial charge in [0.05, 0.1) is 5.92 Å². The number of fused-ring (bicyclic) bond motifs is 2. The van der Waals surface area contributed by atoms with E-state index in [1.165, 1.54) is 30.4 Å². The Morgan fingerprint density at radius 3 is 2.68 bits per heavy atom. The van der Waals surface area contributed by atoms with E-state index in [0.29, 0.717) is 18.3 Å². The molecule has 4 atom stereocenters. The van der Waals surface area contributed by atoms with Crippen molar-refractivity contribution >= 4 is 5.97 Å². The minimum atomic E-state index is -0.596. The van der Waals surface area contributed by atoms with Gasteiger partial charge in [-0.15, -0.1) is 0 Å². The zero-order chi connectivity index (χ0) is 13.4. The van der Waals surface area contributed by atoms with Crippen LogP contribution in [0.25, 0.3) is 0 Å². The number of hydrogen-bond donors (Lipinski definition) is 1. The van der Waals surface area contributed by atoms with Gasteiger partial charge in [0.25, 0.3) is 0 Å². The van der Waals surface area contributed by atoms with E-state index in [9.17, 15) is 9.90 Å². The van der Waals surface area contributed by atoms with Crippen molar-refractivity contribution in [2.45, 2.75) is 39.0 Å². The summed E-state index contributed by atoms with van der Waals surface area (Å²) in [7, 11) is 0. The zero-order valence-corrected chi connectivity index (χ0v) is 11.5. The van der Waals surface area contributed by atoms with Crippen molar-refractivity contribution in [2.24, 2.45) is 23.7 Å². The van der Waals surface area contributed by atoms with Crippen LogP contribution in [0.2, 0.25) is 0 Å². The topological polar surface area (TPSA) is 37.3 Å². The molecule has 2 aliphatic carbocycles. The van der Waals surface area contributed by atoms with Gasteiger partial charge in [-0.05, 0) is 61.5 Å². The van der Waals surface area contributed by atoms with E-state index in [2.05, 4.69) is 19.1 Å². The summed E-state index contributed by atoms with van der Waals surface area (Å²) in [6.07, 6.45) is 5.72. The average molecular weight is 258 g/mol. The molecule has 2 heteroatoms. The third kappa shape index (κ3) is 2.41. The highest BCUT2D eigenvalue weighted by atomic mass is 16.4. The van der Waals surface area contributed by atoms with Crippen molar-refractivity contribution in [2.75, 3.05) is 0 Å². The monoisotopic (exact) mass is 258 g/mol. The van der Waals surface area contributed by atoms with Crippen LogP contribution in [-0.4, -0.2) is 11.1 Å². The lowest BCUT2D eigenvalue weighted by Gasteiger charge is -2.28. The molecule has 1 aromatic rings. The van der Waals surface area contributed by atoms with Gasteiger partial charge in [-0.2, -0.15) is 0 Å². The van der Waals surface area contributed by atoms with Gasteiger partial charge in [0.15, 0.2) is 0 Å². The van der Waals surface area contributed by atoms with Crippen LogP contribution in [0.3, 0.4) is 0 Å². The fourth-order valence-corrected chi connectivity index (χ4v) is 4.28. The first-order valence-corrected chi connectivity index (χ1v) is 7.42. The van der Waals surface area contributed by atoms with Gasteiger partial charge >= 0.3 is 5.97 Å². The Bertz CT molecular complexity index is 480. The van der Waals surface area contributed by atoms with Crippen molar-refractivity contribution in [3.63, 3.8) is 0 Å². The van der Waals surface area contributed by atoms with E-state index in [1.54, 1.807) is 0 Å². The van der Waals surface area contributed by atoms with Gasteiger partial charge in [0.2, 0.25) is 0 Å². The molecule has 4 unspecified atom stereocenters. The number of benzene rings is 1. The van der Waals surface area contributed by atoms with Crippen LogP contribution in [-0.2, 0) is 11.2 Å². The smallest absolute Gasteiger partial charge is 0.307 e. The molecule has 2 fully saturated rings. The molecule has 3 rings (SSSR count). The summed E-state index contributed by atoms with van der Waals surface area (Å²) in [5.41, 5.74) is 2.43. The molecule has 0 heterocycles. The average Bonchev–Trinajstić information content (AvgIpc) is 2.99. The summed E-state index contributed by atoms with van der Waals surface area (Å²) >= 11 is 0. The van der Waals surface area contributed by atoms with Crippen LogP contribution < -0.4 is 0 Å². The molecule has 0 spiro atoms. The lowest BCUT2D eigenvalue weighted by molar-refractivity contribution is -0.144. The van der Waals surface area contributed by atoms with Crippen molar-refractivity contribution in [3.8, 4) is 0 Å². The lowest BCUT2D eigenvalue weighted by atomic mass is 9.76. The first kappa shape index (κ1) is 12.7. The van der Waals surface area contributed by atoms with Gasteiger partial charge in [0.1, 0.15) is 0 Å². The number of carboxylic acid groups (broad SMARTS) is 1. The van der Waals surface area contributed by atoms with E-state index >= 15 is 0 Å². The SMILES string of the molecule is Cc1ccccc1CC(C(=O)O)C1CC2CCC1C2. The minimum Gasteiger partial charge on any atom is -0.481 e. The highest BCUT2D eigenvalue weighted by Gasteiger charge is 2.45. The first-order valence-electron chi connectivity index (χ1n) is 7.42. The Kier molecular flexibility index (Phi) is 3.34. The number of aliphatic carboxylic acids is 1. The third-order valence-electron chi connectivity index (χ3n) is 5.33. The molecule has 1 aromatic carbocycles. The molecule has 19 heavy (non-hydrogen) atoms. The number of carbonyl (C=O) groups is 1. The Morgan fingerprint density at radius 1 is 1.32 bits per heavy atom. The zero-order valence-electron chi connectivity index (χ0n) is 11.5. The summed E-state index contributed by atoms with van der Waals surface area (Å²) < 4.78 is 0. The second-order valence-electron chi connectivity index (χ2n) is 6.41. The third-order valence-corrected chi connectivity index (χ3v) is 5.33. The summed E-state index contributed by atoms with van der Waals surface area (Å²) in [4.78, 5) is 11.7. The van der Waals surface area contributed by atoms with Crippen molar-refractivity contribution in [1.82, 2.24) is 0 Å². The standard InChI is InChI=1S/C17H22O2/c1-11-4-2-3-5-13(11)10-16(17(18)19)15-9-12-6-7-14(15)8-12/h2-5,12,14-16H,6-10H2,1H3,(H,18,19). The van der Waals surface area contributed by atoms with Crippen LogP contribution in [0, 0.1) is 30.6 Å². The molecule has 0 amide bonds. The molecule has 2 bridgehead atoms. The predicted octanol–water partition coefficient (Wildman–Crippen LogP) is 3.67. The van der Waals surface area contributed by atoms with Crippen molar-refractivity contribution < 1.29 is 9.90 Å². The van der Waals surface area contributed by atoms with Gasteiger partial charge < -0.3 is 5.11 Å². The van der Waals surface area contributed by atoms with Crippen LogP contribution in [0.15, 0.2) is 24.3 Å². The summed E-state index contributed by atoms with van der Waals surface area (Å²) in [5, 5.41) is 9.61.